The molecule has 0 amide bonds. The van der Waals surface area contributed by atoms with Crippen LogP contribution in [0.3, 0.4) is 0 Å². The second-order valence-corrected chi connectivity index (χ2v) is 3.85. The molecule has 82 valence electrons. The third-order valence-electron chi connectivity index (χ3n) is 1.34. The minimum absolute atomic E-state index is 0.157. The van der Waals surface area contributed by atoms with Crippen molar-refractivity contribution in [2.45, 2.75) is 32.5 Å². The Bertz CT molecular complexity index is 199. The summed E-state index contributed by atoms with van der Waals surface area (Å²) >= 11 is 0. The summed E-state index contributed by atoms with van der Waals surface area (Å²) in [5.74, 6) is -0.437. The van der Waals surface area contributed by atoms with Gasteiger partial charge < -0.3 is 14.6 Å². The van der Waals surface area contributed by atoms with Crippen molar-refractivity contribution < 1.29 is 19.4 Å². The van der Waals surface area contributed by atoms with Crippen LogP contribution in [-0.2, 0) is 14.3 Å². The maximum atomic E-state index is 11.1. The molecule has 0 radical (unpaired) electrons. The number of aliphatic hydroxyl groups excluding tert-OH is 1. The summed E-state index contributed by atoms with van der Waals surface area (Å²) < 4.78 is 9.85. The number of ether oxygens (including phenoxy) is 2. The van der Waals surface area contributed by atoms with Gasteiger partial charge in [0, 0.05) is 13.2 Å². The van der Waals surface area contributed by atoms with E-state index >= 15 is 0 Å². The molecule has 0 aliphatic rings. The molecule has 0 spiro atoms. The van der Waals surface area contributed by atoms with Crippen LogP contribution in [0.2, 0.25) is 0 Å². The van der Waals surface area contributed by atoms with Crippen LogP contribution in [0, 0.1) is 0 Å². The fourth-order valence-corrected chi connectivity index (χ4v) is 0.736. The predicted octanol–water partition coefficient (Wildman–Crippen LogP) is 0.892. The van der Waals surface area contributed by atoms with Gasteiger partial charge in [0.25, 0.3) is 0 Å². The van der Waals surface area contributed by atoms with Gasteiger partial charge in [0.1, 0.15) is 5.60 Å². The van der Waals surface area contributed by atoms with Gasteiger partial charge in [-0.3, -0.25) is 0 Å². The molecule has 0 aromatic carbocycles. The van der Waals surface area contributed by atoms with Crippen molar-refractivity contribution in [1.29, 1.82) is 0 Å². The van der Waals surface area contributed by atoms with E-state index in [9.17, 15) is 4.79 Å². The van der Waals surface area contributed by atoms with E-state index in [0.29, 0.717) is 0 Å². The molecule has 1 N–H and O–H groups in total. The standard InChI is InChI=1S/C10H18O4/c1-10(2,3)14-9(12)6-5-8(7-11)13-4/h5-6,8,11H,7H2,1-4H3/b6-5+. The Kier molecular flexibility index (Phi) is 5.42. The smallest absolute Gasteiger partial charge is 0.331 e. The molecule has 0 bridgehead atoms. The predicted molar refractivity (Wildman–Crippen MR) is 52.9 cm³/mol. The van der Waals surface area contributed by atoms with E-state index in [1.807, 2.05) is 0 Å². The van der Waals surface area contributed by atoms with Crippen molar-refractivity contribution in [3.05, 3.63) is 12.2 Å². The van der Waals surface area contributed by atoms with Gasteiger partial charge >= 0.3 is 5.97 Å². The van der Waals surface area contributed by atoms with E-state index in [2.05, 4.69) is 0 Å². The average Bonchev–Trinajstić information content (AvgIpc) is 2.03. The lowest BCUT2D eigenvalue weighted by Gasteiger charge is -2.18. The second-order valence-electron chi connectivity index (χ2n) is 3.85. The van der Waals surface area contributed by atoms with Gasteiger partial charge in [0.2, 0.25) is 0 Å². The molecule has 0 aromatic heterocycles. The van der Waals surface area contributed by atoms with Gasteiger partial charge in [-0.15, -0.1) is 0 Å². The zero-order chi connectivity index (χ0) is 11.2. The first kappa shape index (κ1) is 13.1. The fourth-order valence-electron chi connectivity index (χ4n) is 0.736. The van der Waals surface area contributed by atoms with Gasteiger partial charge in [-0.2, -0.15) is 0 Å². The zero-order valence-electron chi connectivity index (χ0n) is 9.11. The lowest BCUT2D eigenvalue weighted by atomic mass is 10.2. The summed E-state index contributed by atoms with van der Waals surface area (Å²) in [6.45, 7) is 5.21. The maximum Gasteiger partial charge on any atom is 0.331 e. The molecular weight excluding hydrogens is 184 g/mol. The van der Waals surface area contributed by atoms with E-state index in [0.717, 1.165) is 0 Å². The van der Waals surface area contributed by atoms with E-state index < -0.39 is 17.7 Å². The number of methoxy groups -OCH3 is 1. The Balaban J connectivity index is 4.05. The van der Waals surface area contributed by atoms with Crippen LogP contribution in [0.1, 0.15) is 20.8 Å². The van der Waals surface area contributed by atoms with Gasteiger partial charge in [0.15, 0.2) is 0 Å². The minimum atomic E-state index is -0.497. The van der Waals surface area contributed by atoms with Crippen LogP contribution in [0.25, 0.3) is 0 Å². The molecule has 0 heterocycles. The van der Waals surface area contributed by atoms with Crippen LogP contribution in [-0.4, -0.2) is 36.5 Å². The number of hydrogen-bond donors (Lipinski definition) is 1. The number of aliphatic hydroxyl groups is 1. The number of carbonyl (C=O) groups excluding carboxylic acids is 1. The molecule has 0 aliphatic carbocycles. The summed E-state index contributed by atoms with van der Waals surface area (Å²) in [6.07, 6.45) is 2.27. The molecule has 0 saturated carbocycles. The second kappa shape index (κ2) is 5.78. The van der Waals surface area contributed by atoms with Crippen molar-refractivity contribution in [3.63, 3.8) is 0 Å². The Morgan fingerprint density at radius 1 is 1.50 bits per heavy atom. The third-order valence-corrected chi connectivity index (χ3v) is 1.34. The van der Waals surface area contributed by atoms with Gasteiger partial charge in [0.05, 0.1) is 12.7 Å². The fraction of sp³-hybridized carbons (Fsp3) is 0.700. The first-order valence-electron chi connectivity index (χ1n) is 4.44. The Labute approximate surface area is 84.5 Å². The van der Waals surface area contributed by atoms with Crippen LogP contribution >= 0.6 is 0 Å². The lowest BCUT2D eigenvalue weighted by molar-refractivity contribution is -0.148. The first-order chi connectivity index (χ1) is 6.39. The van der Waals surface area contributed by atoms with E-state index in [4.69, 9.17) is 14.6 Å². The summed E-state index contributed by atoms with van der Waals surface area (Å²) in [7, 11) is 1.46. The summed E-state index contributed by atoms with van der Waals surface area (Å²) in [4.78, 5) is 11.1. The number of hydrogen-bond acceptors (Lipinski definition) is 4. The monoisotopic (exact) mass is 202 g/mol. The molecule has 4 nitrogen and oxygen atoms in total. The van der Waals surface area contributed by atoms with Gasteiger partial charge in [-0.1, -0.05) is 0 Å². The lowest BCUT2D eigenvalue weighted by Crippen LogP contribution is -2.23. The van der Waals surface area contributed by atoms with Crippen LogP contribution in [0.5, 0.6) is 0 Å². The molecule has 4 heteroatoms. The van der Waals surface area contributed by atoms with E-state index in [1.54, 1.807) is 20.8 Å². The molecule has 0 aromatic rings. The maximum absolute atomic E-state index is 11.1. The molecule has 0 fully saturated rings. The van der Waals surface area contributed by atoms with Crippen LogP contribution < -0.4 is 0 Å². The highest BCUT2D eigenvalue weighted by Gasteiger charge is 2.14. The Morgan fingerprint density at radius 2 is 2.07 bits per heavy atom. The molecule has 14 heavy (non-hydrogen) atoms. The summed E-state index contributed by atoms with van der Waals surface area (Å²) in [5, 5.41) is 8.74. The highest BCUT2D eigenvalue weighted by atomic mass is 16.6. The molecule has 0 aliphatic heterocycles. The topological polar surface area (TPSA) is 55.8 Å². The van der Waals surface area contributed by atoms with Gasteiger partial charge in [-0.05, 0) is 26.8 Å². The molecule has 0 rings (SSSR count). The average molecular weight is 202 g/mol. The van der Waals surface area contributed by atoms with Crippen molar-refractivity contribution in [1.82, 2.24) is 0 Å². The van der Waals surface area contributed by atoms with Crippen molar-refractivity contribution >= 4 is 5.97 Å². The van der Waals surface area contributed by atoms with Gasteiger partial charge in [-0.25, -0.2) is 4.79 Å². The number of esters is 1. The number of rotatable bonds is 4. The molecule has 1 atom stereocenters. The van der Waals surface area contributed by atoms with E-state index in [1.165, 1.54) is 19.3 Å². The zero-order valence-corrected chi connectivity index (χ0v) is 9.11. The van der Waals surface area contributed by atoms with Crippen LogP contribution in [0.15, 0.2) is 12.2 Å². The van der Waals surface area contributed by atoms with Crippen LogP contribution in [0.4, 0.5) is 0 Å². The minimum Gasteiger partial charge on any atom is -0.457 e. The van der Waals surface area contributed by atoms with Crippen molar-refractivity contribution in [2.75, 3.05) is 13.7 Å². The molecule has 1 unspecified atom stereocenters. The third kappa shape index (κ3) is 6.62. The Hall–Kier alpha value is -0.870. The normalized spacial score (nSPS) is 14.4. The quantitative estimate of drug-likeness (QED) is 0.543. The number of carbonyl (C=O) groups is 1. The Morgan fingerprint density at radius 3 is 2.43 bits per heavy atom. The first-order valence-corrected chi connectivity index (χ1v) is 4.44. The molecular formula is C10H18O4. The van der Waals surface area contributed by atoms with E-state index in [-0.39, 0.29) is 6.61 Å². The highest BCUT2D eigenvalue weighted by Crippen LogP contribution is 2.07. The summed E-state index contributed by atoms with van der Waals surface area (Å²) in [6, 6.07) is 0. The highest BCUT2D eigenvalue weighted by molar-refractivity contribution is 5.82. The summed E-state index contributed by atoms with van der Waals surface area (Å²) in [5.41, 5.74) is -0.497. The molecule has 0 saturated heterocycles. The largest absolute Gasteiger partial charge is 0.457 e. The van der Waals surface area contributed by atoms with Crippen molar-refractivity contribution in [2.24, 2.45) is 0 Å². The van der Waals surface area contributed by atoms with Crippen molar-refractivity contribution in [3.8, 4) is 0 Å². The SMILES string of the molecule is COC(/C=C/C(=O)OC(C)(C)C)CO.